The standard InChI is InChI=1S/C25H21BrN8O3/c1-14-29-13-34(31-14)24-20-19(17(37-2)11-28-24)16(10-27-20)22(35)25(36)32-8-9-33-18(12-32)30-23(26)21(33)15-6-4-3-5-7-15/h3-7,10-11,13,27H,8-9,12H2,1-2H3. The van der Waals surface area contributed by atoms with Gasteiger partial charge < -0.3 is 19.2 Å². The molecule has 0 saturated heterocycles. The summed E-state index contributed by atoms with van der Waals surface area (Å²) in [5, 5.41) is 4.77. The van der Waals surface area contributed by atoms with E-state index in [-0.39, 0.29) is 12.1 Å². The average Bonchev–Trinajstić information content (AvgIpc) is 3.63. The van der Waals surface area contributed by atoms with Gasteiger partial charge in [-0.25, -0.2) is 19.6 Å². The van der Waals surface area contributed by atoms with Gasteiger partial charge in [0.25, 0.3) is 11.7 Å². The molecule has 37 heavy (non-hydrogen) atoms. The number of pyridine rings is 1. The highest BCUT2D eigenvalue weighted by atomic mass is 79.9. The second kappa shape index (κ2) is 8.96. The molecule has 11 nitrogen and oxygen atoms in total. The van der Waals surface area contributed by atoms with E-state index >= 15 is 0 Å². The van der Waals surface area contributed by atoms with Crippen LogP contribution in [0.15, 0.2) is 53.7 Å². The summed E-state index contributed by atoms with van der Waals surface area (Å²) in [6, 6.07) is 9.94. The van der Waals surface area contributed by atoms with E-state index in [0.29, 0.717) is 51.8 Å². The van der Waals surface area contributed by atoms with Gasteiger partial charge in [0.05, 0.1) is 42.0 Å². The molecule has 0 fully saturated rings. The van der Waals surface area contributed by atoms with Crippen molar-refractivity contribution in [3.05, 3.63) is 70.9 Å². The molecule has 5 aromatic rings. The monoisotopic (exact) mass is 560 g/mol. The molecule has 1 aliphatic rings. The van der Waals surface area contributed by atoms with Gasteiger partial charge in [-0.3, -0.25) is 9.59 Å². The van der Waals surface area contributed by atoms with Crippen LogP contribution in [0.4, 0.5) is 0 Å². The minimum atomic E-state index is -0.640. The molecule has 0 saturated carbocycles. The zero-order valence-corrected chi connectivity index (χ0v) is 21.6. The van der Waals surface area contributed by atoms with Crippen LogP contribution in [0.3, 0.4) is 0 Å². The predicted molar refractivity (Wildman–Crippen MR) is 137 cm³/mol. The summed E-state index contributed by atoms with van der Waals surface area (Å²) in [4.78, 5) is 44.7. The van der Waals surface area contributed by atoms with Crippen LogP contribution in [-0.4, -0.2) is 64.5 Å². The molecule has 1 N–H and O–H groups in total. The lowest BCUT2D eigenvalue weighted by Crippen LogP contribution is -2.42. The lowest BCUT2D eigenvalue weighted by molar-refractivity contribution is -0.127. The summed E-state index contributed by atoms with van der Waals surface area (Å²) in [5.41, 5.74) is 2.71. The summed E-state index contributed by atoms with van der Waals surface area (Å²) < 4.78 is 9.78. The molecule has 0 spiro atoms. The molecular weight excluding hydrogens is 540 g/mol. The fourth-order valence-corrected chi connectivity index (χ4v) is 5.31. The van der Waals surface area contributed by atoms with E-state index in [4.69, 9.17) is 4.74 Å². The van der Waals surface area contributed by atoms with E-state index < -0.39 is 11.7 Å². The third kappa shape index (κ3) is 3.80. The Morgan fingerprint density at radius 1 is 1.14 bits per heavy atom. The number of benzene rings is 1. The minimum Gasteiger partial charge on any atom is -0.494 e. The Balaban J connectivity index is 1.32. The van der Waals surface area contributed by atoms with Crippen molar-refractivity contribution in [2.75, 3.05) is 13.7 Å². The van der Waals surface area contributed by atoms with Crippen LogP contribution < -0.4 is 4.74 Å². The number of hydrogen-bond donors (Lipinski definition) is 1. The van der Waals surface area contributed by atoms with E-state index in [9.17, 15) is 9.59 Å². The number of ether oxygens (including phenoxy) is 1. The third-order valence-corrected chi connectivity index (χ3v) is 6.95. The van der Waals surface area contributed by atoms with Gasteiger partial charge >= 0.3 is 0 Å². The Hall–Kier alpha value is -4.32. The Bertz CT molecular complexity index is 1670. The van der Waals surface area contributed by atoms with Gasteiger partial charge in [0.1, 0.15) is 28.3 Å². The second-order valence-corrected chi connectivity index (χ2v) is 9.33. The molecule has 0 atom stereocenters. The summed E-state index contributed by atoms with van der Waals surface area (Å²) in [6.07, 6.45) is 4.55. The molecular formula is C25H21BrN8O3. The summed E-state index contributed by atoms with van der Waals surface area (Å²) in [7, 11) is 1.49. The van der Waals surface area contributed by atoms with Gasteiger partial charge in [0, 0.05) is 24.8 Å². The molecule has 0 aliphatic carbocycles. The number of nitrogens with one attached hydrogen (secondary N) is 1. The number of methoxy groups -OCH3 is 1. The van der Waals surface area contributed by atoms with Crippen molar-refractivity contribution in [1.82, 2.24) is 39.2 Å². The lowest BCUT2D eigenvalue weighted by atomic mass is 10.1. The SMILES string of the molecule is COc1cnc(-n2cnc(C)n2)c2[nH]cc(C(=O)C(=O)N3CCn4c(nc(Br)c4-c4ccccc4)C3)c12. The fraction of sp³-hybridized carbons (Fsp3) is 0.200. The van der Waals surface area contributed by atoms with Crippen molar-refractivity contribution in [3.8, 4) is 22.8 Å². The van der Waals surface area contributed by atoms with Crippen molar-refractivity contribution in [1.29, 1.82) is 0 Å². The Morgan fingerprint density at radius 3 is 2.68 bits per heavy atom. The fourth-order valence-electron chi connectivity index (χ4n) is 4.66. The molecule has 1 amide bonds. The molecule has 6 rings (SSSR count). The van der Waals surface area contributed by atoms with Crippen molar-refractivity contribution >= 4 is 38.5 Å². The number of carbonyl (C=O) groups is 2. The quantitative estimate of drug-likeness (QED) is 0.258. The first kappa shape index (κ1) is 23.1. The first-order chi connectivity index (χ1) is 18.0. The number of aromatic amines is 1. The predicted octanol–water partition coefficient (Wildman–Crippen LogP) is 3.31. The van der Waals surface area contributed by atoms with Gasteiger partial charge in [-0.15, -0.1) is 0 Å². The normalized spacial score (nSPS) is 13.1. The number of halogens is 1. The highest BCUT2D eigenvalue weighted by Gasteiger charge is 2.32. The summed E-state index contributed by atoms with van der Waals surface area (Å²) >= 11 is 3.56. The Kier molecular flexibility index (Phi) is 5.60. The second-order valence-electron chi connectivity index (χ2n) is 8.58. The molecule has 5 heterocycles. The number of aryl methyl sites for hydroxylation is 1. The van der Waals surface area contributed by atoms with E-state index in [1.54, 1.807) is 6.92 Å². The Labute approximate surface area is 219 Å². The van der Waals surface area contributed by atoms with Gasteiger partial charge in [-0.1, -0.05) is 30.3 Å². The maximum absolute atomic E-state index is 13.5. The van der Waals surface area contributed by atoms with Crippen LogP contribution in [0.25, 0.3) is 28.0 Å². The molecule has 0 radical (unpaired) electrons. The first-order valence-corrected chi connectivity index (χ1v) is 12.3. The van der Waals surface area contributed by atoms with E-state index in [2.05, 4.69) is 45.5 Å². The number of fused-ring (bicyclic) bond motifs is 2. The number of amides is 1. The van der Waals surface area contributed by atoms with Crippen LogP contribution in [-0.2, 0) is 17.9 Å². The van der Waals surface area contributed by atoms with Crippen LogP contribution in [0, 0.1) is 6.92 Å². The van der Waals surface area contributed by atoms with Gasteiger partial charge in [-0.05, 0) is 22.9 Å². The van der Waals surface area contributed by atoms with Crippen molar-refractivity contribution in [3.63, 3.8) is 0 Å². The van der Waals surface area contributed by atoms with E-state index in [1.165, 1.54) is 35.4 Å². The highest BCUT2D eigenvalue weighted by molar-refractivity contribution is 9.10. The average molecular weight is 561 g/mol. The number of imidazole rings is 1. The van der Waals surface area contributed by atoms with Crippen LogP contribution >= 0.6 is 15.9 Å². The van der Waals surface area contributed by atoms with Crippen LogP contribution in [0.5, 0.6) is 5.75 Å². The number of hydrogen-bond acceptors (Lipinski definition) is 7. The zero-order valence-electron chi connectivity index (χ0n) is 20.0. The van der Waals surface area contributed by atoms with Crippen LogP contribution in [0.1, 0.15) is 22.0 Å². The van der Waals surface area contributed by atoms with E-state index in [0.717, 1.165) is 11.3 Å². The van der Waals surface area contributed by atoms with Crippen molar-refractivity contribution in [2.45, 2.75) is 20.0 Å². The maximum Gasteiger partial charge on any atom is 0.295 e. The number of Topliss-reactive ketones (excluding diaryl/α,β-unsaturated/α-hetero) is 1. The molecule has 0 bridgehead atoms. The Morgan fingerprint density at radius 2 is 1.95 bits per heavy atom. The number of H-pyrrole nitrogens is 1. The maximum atomic E-state index is 13.5. The van der Waals surface area contributed by atoms with E-state index in [1.807, 2.05) is 30.3 Å². The number of nitrogens with zero attached hydrogens (tertiary/aromatic N) is 7. The molecule has 186 valence electrons. The molecule has 1 aliphatic heterocycles. The smallest absolute Gasteiger partial charge is 0.295 e. The lowest BCUT2D eigenvalue weighted by Gasteiger charge is -2.28. The minimum absolute atomic E-state index is 0.206. The summed E-state index contributed by atoms with van der Waals surface area (Å²) in [5.74, 6) is 0.861. The molecule has 0 unspecified atom stereocenters. The highest BCUT2D eigenvalue weighted by Crippen LogP contribution is 2.33. The van der Waals surface area contributed by atoms with Gasteiger partial charge in [-0.2, -0.15) is 5.10 Å². The first-order valence-electron chi connectivity index (χ1n) is 11.5. The number of rotatable bonds is 5. The molecule has 4 aromatic heterocycles. The number of carbonyl (C=O) groups excluding carboxylic acids is 2. The van der Waals surface area contributed by atoms with Gasteiger partial charge in [0.15, 0.2) is 5.82 Å². The summed E-state index contributed by atoms with van der Waals surface area (Å²) in [6.45, 7) is 2.89. The zero-order chi connectivity index (χ0) is 25.7. The van der Waals surface area contributed by atoms with Crippen molar-refractivity contribution < 1.29 is 14.3 Å². The largest absolute Gasteiger partial charge is 0.494 e. The third-order valence-electron chi connectivity index (χ3n) is 6.40. The molecule has 12 heteroatoms. The van der Waals surface area contributed by atoms with Crippen molar-refractivity contribution in [2.24, 2.45) is 0 Å². The van der Waals surface area contributed by atoms with Gasteiger partial charge in [0.2, 0.25) is 0 Å². The molecule has 1 aromatic carbocycles. The van der Waals surface area contributed by atoms with Crippen LogP contribution in [0.2, 0.25) is 0 Å². The number of aromatic nitrogens is 7. The number of ketones is 1. The topological polar surface area (TPSA) is 124 Å².